The Morgan fingerprint density at radius 2 is 1.83 bits per heavy atom. The van der Waals surface area contributed by atoms with Crippen LogP contribution in [0.3, 0.4) is 0 Å². The van der Waals surface area contributed by atoms with E-state index in [2.05, 4.69) is 15.5 Å². The lowest BCUT2D eigenvalue weighted by atomic mass is 10.1. The second kappa shape index (κ2) is 6.50. The summed E-state index contributed by atoms with van der Waals surface area (Å²) in [4.78, 5) is 4.44. The van der Waals surface area contributed by atoms with Gasteiger partial charge in [0.2, 0.25) is 5.13 Å². The van der Waals surface area contributed by atoms with Crippen molar-refractivity contribution in [2.24, 2.45) is 5.10 Å². The van der Waals surface area contributed by atoms with Gasteiger partial charge in [-0.3, -0.25) is 5.43 Å². The fraction of sp³-hybridized carbons (Fsp3) is 0.0588. The molecule has 0 saturated heterocycles. The van der Waals surface area contributed by atoms with Gasteiger partial charge in [-0.1, -0.05) is 24.3 Å². The first-order chi connectivity index (χ1) is 11.1. The number of phenolic OH excluding ortho intramolecular Hbond substituents is 2. The molecule has 0 aliphatic heterocycles. The van der Waals surface area contributed by atoms with E-state index in [1.54, 1.807) is 36.4 Å². The Kier molecular flexibility index (Phi) is 4.25. The minimum atomic E-state index is 0.206. The Morgan fingerprint density at radius 3 is 2.57 bits per heavy atom. The van der Waals surface area contributed by atoms with E-state index in [0.717, 1.165) is 22.5 Å². The van der Waals surface area contributed by atoms with Crippen molar-refractivity contribution in [2.45, 2.75) is 6.92 Å². The van der Waals surface area contributed by atoms with Crippen molar-refractivity contribution in [3.05, 3.63) is 59.5 Å². The molecule has 0 aliphatic rings. The summed E-state index contributed by atoms with van der Waals surface area (Å²) in [6.45, 7) is 1.85. The van der Waals surface area contributed by atoms with Crippen molar-refractivity contribution >= 4 is 22.2 Å². The molecule has 23 heavy (non-hydrogen) atoms. The third kappa shape index (κ3) is 3.67. The molecule has 0 spiro atoms. The number of nitrogens with one attached hydrogen (secondary N) is 1. The number of hydrazone groups is 1. The molecule has 3 N–H and O–H groups in total. The molecule has 3 aromatic rings. The average Bonchev–Trinajstić information content (AvgIpc) is 3.01. The molecule has 116 valence electrons. The molecule has 0 fully saturated rings. The summed E-state index contributed by atoms with van der Waals surface area (Å²) in [7, 11) is 0. The second-order valence-electron chi connectivity index (χ2n) is 4.95. The van der Waals surface area contributed by atoms with Gasteiger partial charge in [-0.15, -0.1) is 11.3 Å². The molecule has 0 atom stereocenters. The molecule has 3 rings (SSSR count). The minimum Gasteiger partial charge on any atom is -0.508 e. The highest BCUT2D eigenvalue weighted by molar-refractivity contribution is 7.14. The largest absolute Gasteiger partial charge is 0.508 e. The van der Waals surface area contributed by atoms with E-state index in [-0.39, 0.29) is 11.5 Å². The Hall–Kier alpha value is -2.86. The summed E-state index contributed by atoms with van der Waals surface area (Å²) in [5.41, 5.74) is 6.13. The summed E-state index contributed by atoms with van der Waals surface area (Å²) in [5.74, 6) is 0.417. The van der Waals surface area contributed by atoms with E-state index in [1.165, 1.54) is 11.3 Å². The SMILES string of the molecule is C/C(=N/Nc1nc(-c2cccc(O)c2)cs1)c1cccc(O)c1. The van der Waals surface area contributed by atoms with Crippen molar-refractivity contribution < 1.29 is 10.2 Å². The highest BCUT2D eigenvalue weighted by Crippen LogP contribution is 2.27. The Bertz CT molecular complexity index is 858. The maximum Gasteiger partial charge on any atom is 0.203 e. The van der Waals surface area contributed by atoms with Gasteiger partial charge in [0, 0.05) is 16.5 Å². The summed E-state index contributed by atoms with van der Waals surface area (Å²) in [6.07, 6.45) is 0. The number of nitrogens with zero attached hydrogens (tertiary/aromatic N) is 2. The van der Waals surface area contributed by atoms with Crippen LogP contribution in [0.1, 0.15) is 12.5 Å². The maximum absolute atomic E-state index is 9.52. The van der Waals surface area contributed by atoms with Crippen LogP contribution in [0.2, 0.25) is 0 Å². The lowest BCUT2D eigenvalue weighted by Gasteiger charge is -2.02. The number of hydrogen-bond acceptors (Lipinski definition) is 6. The number of rotatable bonds is 4. The topological polar surface area (TPSA) is 77.7 Å². The number of hydrogen-bond donors (Lipinski definition) is 3. The van der Waals surface area contributed by atoms with Gasteiger partial charge in [0.15, 0.2) is 0 Å². The van der Waals surface area contributed by atoms with E-state index in [9.17, 15) is 10.2 Å². The quantitative estimate of drug-likeness (QED) is 0.499. The first kappa shape index (κ1) is 15.1. The first-order valence-electron chi connectivity index (χ1n) is 6.96. The smallest absolute Gasteiger partial charge is 0.203 e. The summed E-state index contributed by atoms with van der Waals surface area (Å²) in [6, 6.07) is 13.9. The number of aromatic hydroxyl groups is 2. The predicted octanol–water partition coefficient (Wildman–Crippen LogP) is 4.06. The van der Waals surface area contributed by atoms with E-state index in [1.807, 2.05) is 24.4 Å². The summed E-state index contributed by atoms with van der Waals surface area (Å²) in [5, 5.41) is 25.9. The molecule has 0 radical (unpaired) electrons. The molecule has 6 heteroatoms. The standard InChI is InChI=1S/C17H15N3O2S/c1-11(12-4-2-6-14(21)8-12)19-20-17-18-16(10-23-17)13-5-3-7-15(22)9-13/h2-10,21-22H,1H3,(H,18,20)/b19-11-. The van der Waals surface area contributed by atoms with E-state index >= 15 is 0 Å². The molecule has 1 heterocycles. The fourth-order valence-corrected chi connectivity index (χ4v) is 2.71. The zero-order valence-corrected chi connectivity index (χ0v) is 13.2. The Labute approximate surface area is 137 Å². The van der Waals surface area contributed by atoms with Gasteiger partial charge >= 0.3 is 0 Å². The molecular formula is C17H15N3O2S. The van der Waals surface area contributed by atoms with Gasteiger partial charge in [-0.2, -0.15) is 5.10 Å². The normalized spacial score (nSPS) is 11.4. The van der Waals surface area contributed by atoms with Crippen LogP contribution >= 0.6 is 11.3 Å². The molecule has 2 aromatic carbocycles. The van der Waals surface area contributed by atoms with Gasteiger partial charge in [0.05, 0.1) is 11.4 Å². The highest BCUT2D eigenvalue weighted by Gasteiger charge is 2.05. The van der Waals surface area contributed by atoms with Crippen LogP contribution in [0.5, 0.6) is 11.5 Å². The van der Waals surface area contributed by atoms with Gasteiger partial charge in [0.25, 0.3) is 0 Å². The number of anilines is 1. The fourth-order valence-electron chi connectivity index (χ4n) is 2.05. The molecule has 0 saturated carbocycles. The van der Waals surface area contributed by atoms with Gasteiger partial charge in [0.1, 0.15) is 11.5 Å². The molecule has 1 aromatic heterocycles. The van der Waals surface area contributed by atoms with Gasteiger partial charge in [-0.05, 0) is 31.2 Å². The van der Waals surface area contributed by atoms with Crippen molar-refractivity contribution in [3.63, 3.8) is 0 Å². The van der Waals surface area contributed by atoms with E-state index < -0.39 is 0 Å². The molecule has 5 nitrogen and oxygen atoms in total. The van der Waals surface area contributed by atoms with Crippen LogP contribution in [-0.4, -0.2) is 20.9 Å². The van der Waals surface area contributed by atoms with E-state index in [0.29, 0.717) is 5.13 Å². The highest BCUT2D eigenvalue weighted by atomic mass is 32.1. The van der Waals surface area contributed by atoms with Crippen LogP contribution in [0, 0.1) is 0 Å². The lowest BCUT2D eigenvalue weighted by Crippen LogP contribution is -1.99. The third-order valence-corrected chi connectivity index (χ3v) is 3.98. The maximum atomic E-state index is 9.52. The third-order valence-electron chi connectivity index (χ3n) is 3.23. The summed E-state index contributed by atoms with van der Waals surface area (Å²) >= 11 is 1.43. The predicted molar refractivity (Wildman–Crippen MR) is 93.2 cm³/mol. The first-order valence-corrected chi connectivity index (χ1v) is 7.84. The zero-order valence-electron chi connectivity index (χ0n) is 12.4. The monoisotopic (exact) mass is 325 g/mol. The Morgan fingerprint density at radius 1 is 1.09 bits per heavy atom. The second-order valence-corrected chi connectivity index (χ2v) is 5.81. The van der Waals surface area contributed by atoms with Gasteiger partial charge in [-0.25, -0.2) is 4.98 Å². The van der Waals surface area contributed by atoms with Crippen LogP contribution in [-0.2, 0) is 0 Å². The molecule has 0 aliphatic carbocycles. The van der Waals surface area contributed by atoms with Crippen LogP contribution in [0.15, 0.2) is 59.0 Å². The number of thiazole rings is 1. The average molecular weight is 325 g/mol. The Balaban J connectivity index is 1.75. The van der Waals surface area contributed by atoms with Crippen molar-refractivity contribution in [3.8, 4) is 22.8 Å². The minimum absolute atomic E-state index is 0.206. The number of aromatic nitrogens is 1. The van der Waals surface area contributed by atoms with Crippen LogP contribution in [0.4, 0.5) is 5.13 Å². The van der Waals surface area contributed by atoms with Crippen molar-refractivity contribution in [1.82, 2.24) is 4.98 Å². The number of benzene rings is 2. The van der Waals surface area contributed by atoms with Crippen molar-refractivity contribution in [1.29, 1.82) is 0 Å². The van der Waals surface area contributed by atoms with Crippen LogP contribution in [0.25, 0.3) is 11.3 Å². The van der Waals surface area contributed by atoms with Crippen molar-refractivity contribution in [2.75, 3.05) is 5.43 Å². The molecule has 0 bridgehead atoms. The molecule has 0 amide bonds. The van der Waals surface area contributed by atoms with Crippen LogP contribution < -0.4 is 5.43 Å². The van der Waals surface area contributed by atoms with Gasteiger partial charge < -0.3 is 10.2 Å². The lowest BCUT2D eigenvalue weighted by molar-refractivity contribution is 0.475. The van der Waals surface area contributed by atoms with E-state index in [4.69, 9.17) is 0 Å². The molecular weight excluding hydrogens is 310 g/mol. The molecule has 0 unspecified atom stereocenters. The summed E-state index contributed by atoms with van der Waals surface area (Å²) < 4.78 is 0. The number of phenols is 2. The zero-order chi connectivity index (χ0) is 16.2.